The van der Waals surface area contributed by atoms with Crippen LogP contribution in [0.1, 0.15) is 50.6 Å². The summed E-state index contributed by atoms with van der Waals surface area (Å²) >= 11 is 0. The molecule has 2 N–H and O–H groups in total. The highest BCUT2D eigenvalue weighted by atomic mass is 16.6. The molecule has 1 aliphatic heterocycles. The van der Waals surface area contributed by atoms with Crippen molar-refractivity contribution in [3.05, 3.63) is 33.1 Å². The third-order valence-corrected chi connectivity index (χ3v) is 4.71. The average Bonchev–Trinajstić information content (AvgIpc) is 2.57. The Morgan fingerprint density at radius 3 is 2.46 bits per heavy atom. The van der Waals surface area contributed by atoms with Crippen molar-refractivity contribution < 1.29 is 4.92 Å². The average molecular weight is 360 g/mol. The van der Waals surface area contributed by atoms with E-state index in [1.165, 1.54) is 6.21 Å². The van der Waals surface area contributed by atoms with Gasteiger partial charge in [0.15, 0.2) is 6.17 Å². The first-order valence-corrected chi connectivity index (χ1v) is 8.96. The van der Waals surface area contributed by atoms with Crippen molar-refractivity contribution in [2.24, 2.45) is 9.98 Å². The van der Waals surface area contributed by atoms with Crippen LogP contribution in [0.4, 0.5) is 5.69 Å². The first-order chi connectivity index (χ1) is 12.2. The Labute approximate surface area is 154 Å². The van der Waals surface area contributed by atoms with Crippen LogP contribution < -0.4 is 10.6 Å². The summed E-state index contributed by atoms with van der Waals surface area (Å²) in [5.74, 6) is 0.517. The largest absolute Gasteiger partial charge is 0.365 e. The number of aliphatic imine (C=N–C) groups is 2. The predicted molar refractivity (Wildman–Crippen MR) is 105 cm³/mol. The molecule has 0 radical (unpaired) electrons. The van der Waals surface area contributed by atoms with Crippen LogP contribution in [0.15, 0.2) is 16.1 Å². The van der Waals surface area contributed by atoms with Gasteiger partial charge in [-0.15, -0.1) is 0 Å². The zero-order valence-electron chi connectivity index (χ0n) is 16.3. The molecule has 8 nitrogen and oxygen atoms in total. The third kappa shape index (κ3) is 3.90. The molecule has 0 saturated carbocycles. The van der Waals surface area contributed by atoms with E-state index in [4.69, 9.17) is 0 Å². The highest BCUT2D eigenvalue weighted by molar-refractivity contribution is 5.93. The standard InChI is InChI=1S/C18H28N6O2/c1-7-15(8-2)22-17-18(24(25)26,10-19-14(6)21-17)23-16-11(3)9-12(4)20-13(16)5/h9-10,15,17,22-23H,7-8H2,1-6H3. The Balaban J connectivity index is 2.50. The summed E-state index contributed by atoms with van der Waals surface area (Å²) in [4.78, 5) is 24.8. The molecule has 2 rings (SSSR count). The molecular weight excluding hydrogens is 332 g/mol. The lowest BCUT2D eigenvalue weighted by Crippen LogP contribution is -2.64. The number of pyridine rings is 1. The van der Waals surface area contributed by atoms with Crippen LogP contribution in [0.5, 0.6) is 0 Å². The number of aromatic nitrogens is 1. The maximum Gasteiger partial charge on any atom is 0.365 e. The monoisotopic (exact) mass is 360 g/mol. The zero-order valence-corrected chi connectivity index (χ0v) is 16.3. The number of nitro groups is 1. The number of anilines is 1. The molecule has 1 aromatic heterocycles. The molecular formula is C18H28N6O2. The Hall–Kier alpha value is -2.35. The summed E-state index contributed by atoms with van der Waals surface area (Å²) in [7, 11) is 0. The minimum Gasteiger partial charge on any atom is -0.311 e. The normalized spacial score (nSPS) is 22.4. The van der Waals surface area contributed by atoms with Crippen LogP contribution in [0.2, 0.25) is 0 Å². The van der Waals surface area contributed by atoms with E-state index < -0.39 is 11.8 Å². The molecule has 0 spiro atoms. The van der Waals surface area contributed by atoms with Crippen LogP contribution in [0, 0.1) is 30.9 Å². The number of nitrogens with one attached hydrogen (secondary N) is 2. The number of nitrogens with zero attached hydrogens (tertiary/aromatic N) is 4. The van der Waals surface area contributed by atoms with Crippen molar-refractivity contribution in [2.45, 2.75) is 72.3 Å². The molecule has 0 aromatic carbocycles. The van der Waals surface area contributed by atoms with E-state index in [0.29, 0.717) is 17.2 Å². The van der Waals surface area contributed by atoms with Crippen LogP contribution in [-0.4, -0.2) is 39.8 Å². The molecule has 2 unspecified atom stereocenters. The van der Waals surface area contributed by atoms with E-state index in [2.05, 4.69) is 25.6 Å². The van der Waals surface area contributed by atoms with Crippen molar-refractivity contribution >= 4 is 17.7 Å². The Kier molecular flexibility index (Phi) is 6.07. The highest BCUT2D eigenvalue weighted by Gasteiger charge is 2.52. The first kappa shape index (κ1) is 20.0. The SMILES string of the molecule is CCC(CC)NC1N=C(C)N=CC1(Nc1c(C)cc(C)nc1C)[N+](=O)[O-]. The molecule has 142 valence electrons. The van der Waals surface area contributed by atoms with Gasteiger partial charge < -0.3 is 5.32 Å². The zero-order chi connectivity index (χ0) is 19.5. The first-order valence-electron chi connectivity index (χ1n) is 8.96. The second-order valence-electron chi connectivity index (χ2n) is 6.77. The van der Waals surface area contributed by atoms with Gasteiger partial charge in [-0.3, -0.25) is 20.4 Å². The molecule has 8 heteroatoms. The fraction of sp³-hybridized carbons (Fsp3) is 0.611. The van der Waals surface area contributed by atoms with E-state index in [-0.39, 0.29) is 11.0 Å². The van der Waals surface area contributed by atoms with Crippen molar-refractivity contribution in [1.82, 2.24) is 10.3 Å². The summed E-state index contributed by atoms with van der Waals surface area (Å²) in [6, 6.07) is 2.03. The fourth-order valence-electron chi connectivity index (χ4n) is 3.20. The summed E-state index contributed by atoms with van der Waals surface area (Å²) < 4.78 is 0. The number of hydrogen-bond donors (Lipinski definition) is 2. The minimum atomic E-state index is -1.67. The van der Waals surface area contributed by atoms with E-state index in [1.54, 1.807) is 6.92 Å². The lowest BCUT2D eigenvalue weighted by molar-refractivity contribution is -0.542. The highest BCUT2D eigenvalue weighted by Crippen LogP contribution is 2.27. The summed E-state index contributed by atoms with van der Waals surface area (Å²) in [5, 5.41) is 18.6. The minimum absolute atomic E-state index is 0.127. The Morgan fingerprint density at radius 2 is 1.92 bits per heavy atom. The topological polar surface area (TPSA) is 105 Å². The fourth-order valence-corrected chi connectivity index (χ4v) is 3.20. The molecule has 2 heterocycles. The van der Waals surface area contributed by atoms with E-state index in [0.717, 1.165) is 24.1 Å². The molecule has 1 aromatic rings. The summed E-state index contributed by atoms with van der Waals surface area (Å²) in [5.41, 5.74) is 1.46. The molecule has 1 aliphatic rings. The smallest absolute Gasteiger partial charge is 0.311 e. The van der Waals surface area contributed by atoms with Crippen molar-refractivity contribution in [1.29, 1.82) is 0 Å². The Bertz CT molecular complexity index is 718. The number of amidine groups is 1. The van der Waals surface area contributed by atoms with E-state index >= 15 is 0 Å². The quantitative estimate of drug-likeness (QED) is 0.442. The summed E-state index contributed by atoms with van der Waals surface area (Å²) in [6.07, 6.45) is 2.31. The second kappa shape index (κ2) is 7.90. The van der Waals surface area contributed by atoms with Gasteiger partial charge in [0.05, 0.1) is 16.3 Å². The van der Waals surface area contributed by atoms with Gasteiger partial charge in [0.2, 0.25) is 0 Å². The van der Waals surface area contributed by atoms with Gasteiger partial charge in [-0.05, 0) is 52.2 Å². The predicted octanol–water partition coefficient (Wildman–Crippen LogP) is 3.00. The molecule has 0 aliphatic carbocycles. The van der Waals surface area contributed by atoms with Crippen LogP contribution in [0.25, 0.3) is 0 Å². The van der Waals surface area contributed by atoms with Crippen LogP contribution >= 0.6 is 0 Å². The van der Waals surface area contributed by atoms with Gasteiger partial charge in [0.1, 0.15) is 12.1 Å². The molecule has 0 saturated heterocycles. The third-order valence-electron chi connectivity index (χ3n) is 4.71. The lowest BCUT2D eigenvalue weighted by atomic mass is 10.0. The van der Waals surface area contributed by atoms with E-state index in [9.17, 15) is 10.1 Å². The molecule has 0 amide bonds. The van der Waals surface area contributed by atoms with Gasteiger partial charge in [-0.25, -0.2) is 9.98 Å². The second-order valence-corrected chi connectivity index (χ2v) is 6.77. The maximum atomic E-state index is 12.2. The van der Waals surface area contributed by atoms with Gasteiger partial charge in [-0.2, -0.15) is 0 Å². The molecule has 2 atom stereocenters. The Morgan fingerprint density at radius 1 is 1.27 bits per heavy atom. The van der Waals surface area contributed by atoms with Crippen molar-refractivity contribution in [3.8, 4) is 0 Å². The van der Waals surface area contributed by atoms with Crippen LogP contribution in [0.3, 0.4) is 0 Å². The number of hydrogen-bond acceptors (Lipinski definition) is 7. The van der Waals surface area contributed by atoms with Gasteiger partial charge in [0, 0.05) is 11.7 Å². The van der Waals surface area contributed by atoms with Crippen molar-refractivity contribution in [2.75, 3.05) is 5.32 Å². The lowest BCUT2D eigenvalue weighted by Gasteiger charge is -2.34. The van der Waals surface area contributed by atoms with Gasteiger partial charge >= 0.3 is 5.66 Å². The molecule has 26 heavy (non-hydrogen) atoms. The molecule has 0 fully saturated rings. The number of aryl methyl sites for hydroxylation is 3. The summed E-state index contributed by atoms with van der Waals surface area (Å²) in [6.45, 7) is 11.5. The van der Waals surface area contributed by atoms with E-state index in [1.807, 2.05) is 40.7 Å². The van der Waals surface area contributed by atoms with Gasteiger partial charge in [-0.1, -0.05) is 13.8 Å². The number of rotatable bonds is 7. The van der Waals surface area contributed by atoms with Crippen LogP contribution in [-0.2, 0) is 0 Å². The molecule has 0 bridgehead atoms. The maximum absolute atomic E-state index is 12.2. The van der Waals surface area contributed by atoms with Crippen molar-refractivity contribution in [3.63, 3.8) is 0 Å². The van der Waals surface area contributed by atoms with Gasteiger partial charge in [0.25, 0.3) is 0 Å².